The van der Waals surface area contributed by atoms with E-state index in [4.69, 9.17) is 13.9 Å². The van der Waals surface area contributed by atoms with Gasteiger partial charge in [-0.1, -0.05) is 30.3 Å². The monoisotopic (exact) mass is 523 g/mol. The maximum atomic E-state index is 13.5. The number of nitrogens with one attached hydrogen (secondary N) is 1. The van der Waals surface area contributed by atoms with Gasteiger partial charge in [0.25, 0.3) is 5.91 Å². The Labute approximate surface area is 226 Å². The Kier molecular flexibility index (Phi) is 6.99. The molecule has 4 aromatic rings. The predicted octanol–water partition coefficient (Wildman–Crippen LogP) is 5.09. The van der Waals surface area contributed by atoms with E-state index >= 15 is 0 Å². The highest BCUT2D eigenvalue weighted by Crippen LogP contribution is 2.39. The second kappa shape index (κ2) is 11.0. The average molecular weight is 524 g/mol. The summed E-state index contributed by atoms with van der Waals surface area (Å²) in [6.45, 7) is 1.52. The van der Waals surface area contributed by atoms with Gasteiger partial charge in [0.2, 0.25) is 11.7 Å². The maximum absolute atomic E-state index is 13.5. The molecule has 0 saturated heterocycles. The van der Waals surface area contributed by atoms with E-state index < -0.39 is 0 Å². The highest BCUT2D eigenvalue weighted by Gasteiger charge is 2.34. The summed E-state index contributed by atoms with van der Waals surface area (Å²) in [6.07, 6.45) is 5.18. The molecule has 0 radical (unpaired) electrons. The summed E-state index contributed by atoms with van der Waals surface area (Å²) < 4.78 is 17.6. The van der Waals surface area contributed by atoms with Crippen molar-refractivity contribution in [2.75, 3.05) is 19.7 Å². The van der Waals surface area contributed by atoms with Gasteiger partial charge in [0.05, 0.1) is 18.8 Å². The Morgan fingerprint density at radius 3 is 2.67 bits per heavy atom. The van der Waals surface area contributed by atoms with Crippen molar-refractivity contribution in [2.45, 2.75) is 31.7 Å². The molecule has 0 saturated carbocycles. The van der Waals surface area contributed by atoms with Crippen molar-refractivity contribution in [3.63, 3.8) is 0 Å². The van der Waals surface area contributed by atoms with Crippen molar-refractivity contribution in [1.82, 2.24) is 15.2 Å². The van der Waals surface area contributed by atoms with Gasteiger partial charge in [0, 0.05) is 19.5 Å². The number of benzene rings is 3. The van der Waals surface area contributed by atoms with E-state index in [1.807, 2.05) is 65.6 Å². The molecule has 8 bridgehead atoms. The SMILES string of the molecule is O=C1CCc2ccc(cc2)Oc2ccc3c(c2)CCN(C(=O)c2cnco2)C3c2cccc(c2)OCCCN1. The standard InChI is InChI=1S/C31H29N3O5/c35-29-12-7-21-5-8-24(9-6-21)39-26-10-11-27-22(17-26)13-15-34(31(36)28-19-32-20-38-28)30(27)23-3-1-4-25(18-23)37-16-2-14-33-29/h1,3-6,8-11,17-20,30H,2,7,12-16H2,(H,33,35). The molecule has 8 nitrogen and oxygen atoms in total. The fourth-order valence-corrected chi connectivity index (χ4v) is 5.18. The first-order valence-corrected chi connectivity index (χ1v) is 13.2. The molecule has 0 fully saturated rings. The van der Waals surface area contributed by atoms with Gasteiger partial charge < -0.3 is 24.1 Å². The highest BCUT2D eigenvalue weighted by molar-refractivity contribution is 5.92. The van der Waals surface area contributed by atoms with E-state index in [1.54, 1.807) is 0 Å². The number of aryl methyl sites for hydroxylation is 1. The molecule has 1 aromatic heterocycles. The number of rotatable bonds is 1. The number of nitrogens with zero attached hydrogens (tertiary/aromatic N) is 2. The zero-order valence-corrected chi connectivity index (χ0v) is 21.5. The molecule has 1 atom stereocenters. The average Bonchev–Trinajstić information content (AvgIpc) is 3.51. The number of hydrogen-bond acceptors (Lipinski definition) is 6. The number of carbonyl (C=O) groups excluding carboxylic acids is 2. The molecular formula is C31H29N3O5. The van der Waals surface area contributed by atoms with Gasteiger partial charge in [-0.2, -0.15) is 0 Å². The van der Waals surface area contributed by atoms with Gasteiger partial charge >= 0.3 is 0 Å². The van der Waals surface area contributed by atoms with Crippen molar-refractivity contribution < 1.29 is 23.5 Å². The van der Waals surface area contributed by atoms with Crippen LogP contribution in [0.5, 0.6) is 17.2 Å². The van der Waals surface area contributed by atoms with E-state index in [-0.39, 0.29) is 23.6 Å². The molecule has 4 aliphatic heterocycles. The lowest BCUT2D eigenvalue weighted by atomic mass is 9.87. The van der Waals surface area contributed by atoms with Gasteiger partial charge in [-0.15, -0.1) is 0 Å². The van der Waals surface area contributed by atoms with Crippen molar-refractivity contribution in [3.05, 3.63) is 107 Å². The summed E-state index contributed by atoms with van der Waals surface area (Å²) in [6, 6.07) is 21.4. The van der Waals surface area contributed by atoms with Crippen LogP contribution in [0.15, 0.2) is 83.7 Å². The molecule has 3 aromatic carbocycles. The summed E-state index contributed by atoms with van der Waals surface area (Å²) in [7, 11) is 0. The van der Waals surface area contributed by atoms with Crippen LogP contribution in [-0.4, -0.2) is 41.4 Å². The lowest BCUT2D eigenvalue weighted by Crippen LogP contribution is -2.40. The molecule has 1 unspecified atom stereocenters. The molecular weight excluding hydrogens is 494 g/mol. The van der Waals surface area contributed by atoms with E-state index in [1.165, 1.54) is 12.6 Å². The molecule has 8 rings (SSSR count). The van der Waals surface area contributed by atoms with E-state index in [9.17, 15) is 9.59 Å². The third-order valence-corrected chi connectivity index (χ3v) is 7.13. The number of ether oxygens (including phenoxy) is 2. The summed E-state index contributed by atoms with van der Waals surface area (Å²) in [5, 5.41) is 2.97. The first-order chi connectivity index (χ1) is 19.1. The largest absolute Gasteiger partial charge is 0.494 e. The highest BCUT2D eigenvalue weighted by atomic mass is 16.5. The summed E-state index contributed by atoms with van der Waals surface area (Å²) in [5.74, 6) is 2.19. The Hall–Kier alpha value is -4.59. The van der Waals surface area contributed by atoms with Crippen LogP contribution in [0.2, 0.25) is 0 Å². The number of carbonyl (C=O) groups is 2. The van der Waals surface area contributed by atoms with Gasteiger partial charge in [0.1, 0.15) is 17.2 Å². The maximum Gasteiger partial charge on any atom is 0.292 e. The van der Waals surface area contributed by atoms with Crippen LogP contribution in [0.3, 0.4) is 0 Å². The summed E-state index contributed by atoms with van der Waals surface area (Å²) >= 11 is 0. The number of amides is 2. The van der Waals surface area contributed by atoms with Crippen LogP contribution in [0.1, 0.15) is 51.7 Å². The van der Waals surface area contributed by atoms with Crippen molar-refractivity contribution in [1.29, 1.82) is 0 Å². The van der Waals surface area contributed by atoms with Crippen LogP contribution < -0.4 is 14.8 Å². The quantitative estimate of drug-likeness (QED) is 0.374. The molecule has 1 N–H and O–H groups in total. The molecule has 8 heteroatoms. The second-order valence-corrected chi connectivity index (χ2v) is 9.75. The van der Waals surface area contributed by atoms with E-state index in [2.05, 4.69) is 16.4 Å². The minimum Gasteiger partial charge on any atom is -0.494 e. The molecule has 4 aliphatic rings. The first kappa shape index (κ1) is 24.7. The number of hydrogen-bond donors (Lipinski definition) is 1. The van der Waals surface area contributed by atoms with Crippen LogP contribution in [-0.2, 0) is 17.6 Å². The molecule has 0 spiro atoms. The normalized spacial score (nSPS) is 17.5. The van der Waals surface area contributed by atoms with Gasteiger partial charge in [-0.05, 0) is 77.9 Å². The topological polar surface area (TPSA) is 93.9 Å². The van der Waals surface area contributed by atoms with Crippen LogP contribution in [0.25, 0.3) is 0 Å². The molecule has 2 amide bonds. The molecule has 0 aliphatic carbocycles. The van der Waals surface area contributed by atoms with Gasteiger partial charge in [-0.25, -0.2) is 4.98 Å². The fraction of sp³-hybridized carbons (Fsp3) is 0.258. The zero-order valence-electron chi connectivity index (χ0n) is 21.5. The molecule has 5 heterocycles. The lowest BCUT2D eigenvalue weighted by Gasteiger charge is -2.37. The Bertz CT molecular complexity index is 1470. The van der Waals surface area contributed by atoms with Gasteiger partial charge in [0.15, 0.2) is 6.39 Å². The van der Waals surface area contributed by atoms with Crippen molar-refractivity contribution in [2.24, 2.45) is 0 Å². The Balaban J connectivity index is 1.37. The fourth-order valence-electron chi connectivity index (χ4n) is 5.18. The first-order valence-electron chi connectivity index (χ1n) is 13.2. The van der Waals surface area contributed by atoms with Crippen molar-refractivity contribution in [3.8, 4) is 17.2 Å². The van der Waals surface area contributed by atoms with Crippen LogP contribution in [0, 0.1) is 0 Å². The second-order valence-electron chi connectivity index (χ2n) is 9.75. The zero-order chi connectivity index (χ0) is 26.6. The minimum atomic E-state index is -0.336. The third-order valence-electron chi connectivity index (χ3n) is 7.13. The van der Waals surface area contributed by atoms with E-state index in [0.717, 1.165) is 33.8 Å². The number of aromatic nitrogens is 1. The van der Waals surface area contributed by atoms with Crippen molar-refractivity contribution >= 4 is 11.8 Å². The van der Waals surface area contributed by atoms with Crippen LogP contribution >= 0.6 is 0 Å². The van der Waals surface area contributed by atoms with Crippen LogP contribution in [0.4, 0.5) is 0 Å². The van der Waals surface area contributed by atoms with Gasteiger partial charge in [-0.3, -0.25) is 9.59 Å². The molecule has 39 heavy (non-hydrogen) atoms. The molecule has 198 valence electrons. The van der Waals surface area contributed by atoms with E-state index in [0.29, 0.717) is 51.1 Å². The Morgan fingerprint density at radius 2 is 1.82 bits per heavy atom. The summed E-state index contributed by atoms with van der Waals surface area (Å²) in [4.78, 5) is 31.5. The lowest BCUT2D eigenvalue weighted by molar-refractivity contribution is -0.121. The summed E-state index contributed by atoms with van der Waals surface area (Å²) in [5.41, 5.74) is 4.17. The smallest absolute Gasteiger partial charge is 0.292 e. The predicted molar refractivity (Wildman–Crippen MR) is 144 cm³/mol. The Morgan fingerprint density at radius 1 is 0.949 bits per heavy atom. The number of oxazole rings is 1. The minimum absolute atomic E-state index is 0.0216. The third kappa shape index (κ3) is 5.50. The number of fused-ring (bicyclic) bond motifs is 1.